The monoisotopic (exact) mass is 440 g/mol. The SMILES string of the molecule is CCCCNc1nc(NCCCCCCO)nc(NCc2cccc(C(F)(F)F)c2)n1. The lowest BCUT2D eigenvalue weighted by molar-refractivity contribution is -0.137. The van der Waals surface area contributed by atoms with Gasteiger partial charge in [-0.2, -0.15) is 28.1 Å². The fourth-order valence-electron chi connectivity index (χ4n) is 2.82. The highest BCUT2D eigenvalue weighted by Gasteiger charge is 2.30. The van der Waals surface area contributed by atoms with Crippen molar-refractivity contribution in [3.63, 3.8) is 0 Å². The third kappa shape index (κ3) is 9.37. The molecule has 0 saturated heterocycles. The summed E-state index contributed by atoms with van der Waals surface area (Å²) >= 11 is 0. The quantitative estimate of drug-likeness (QED) is 0.317. The molecule has 31 heavy (non-hydrogen) atoms. The zero-order valence-corrected chi connectivity index (χ0v) is 17.8. The Kier molecular flexibility index (Phi) is 10.3. The van der Waals surface area contributed by atoms with Crippen molar-refractivity contribution in [2.45, 2.75) is 58.2 Å². The molecule has 0 fully saturated rings. The van der Waals surface area contributed by atoms with E-state index < -0.39 is 11.7 Å². The number of halogens is 3. The molecule has 1 aromatic heterocycles. The van der Waals surface area contributed by atoms with Crippen LogP contribution in [0.3, 0.4) is 0 Å². The van der Waals surface area contributed by atoms with E-state index in [1.54, 1.807) is 6.07 Å². The summed E-state index contributed by atoms with van der Waals surface area (Å²) in [5, 5.41) is 18.1. The smallest absolute Gasteiger partial charge is 0.396 e. The number of anilines is 3. The molecule has 0 radical (unpaired) electrons. The second-order valence-corrected chi connectivity index (χ2v) is 7.20. The number of aromatic nitrogens is 3. The fourth-order valence-corrected chi connectivity index (χ4v) is 2.82. The van der Waals surface area contributed by atoms with Crippen molar-refractivity contribution in [3.05, 3.63) is 35.4 Å². The molecule has 0 aliphatic rings. The Balaban J connectivity index is 2.02. The molecule has 10 heteroatoms. The number of benzene rings is 1. The highest BCUT2D eigenvalue weighted by atomic mass is 19.4. The summed E-state index contributed by atoms with van der Waals surface area (Å²) in [6, 6.07) is 5.16. The first kappa shape index (κ1) is 24.6. The van der Waals surface area contributed by atoms with Crippen LogP contribution in [0.5, 0.6) is 0 Å². The predicted octanol–water partition coefficient (Wildman–Crippen LogP) is 4.68. The minimum atomic E-state index is -4.38. The van der Waals surface area contributed by atoms with Crippen LogP contribution < -0.4 is 16.0 Å². The Morgan fingerprint density at radius 2 is 1.45 bits per heavy atom. The van der Waals surface area contributed by atoms with Crippen molar-refractivity contribution in [2.75, 3.05) is 35.6 Å². The van der Waals surface area contributed by atoms with Gasteiger partial charge < -0.3 is 21.1 Å². The van der Waals surface area contributed by atoms with Crippen LogP contribution in [0.2, 0.25) is 0 Å². The third-order valence-electron chi connectivity index (χ3n) is 4.52. The highest BCUT2D eigenvalue weighted by molar-refractivity contribution is 5.42. The van der Waals surface area contributed by atoms with E-state index >= 15 is 0 Å². The van der Waals surface area contributed by atoms with E-state index in [2.05, 4.69) is 37.8 Å². The fraction of sp³-hybridized carbons (Fsp3) is 0.571. The molecule has 0 spiro atoms. The Morgan fingerprint density at radius 3 is 2.06 bits per heavy atom. The van der Waals surface area contributed by atoms with E-state index in [0.29, 0.717) is 30.5 Å². The van der Waals surface area contributed by atoms with Gasteiger partial charge in [0.1, 0.15) is 0 Å². The molecule has 7 nitrogen and oxygen atoms in total. The maximum atomic E-state index is 12.9. The zero-order chi connectivity index (χ0) is 22.5. The van der Waals surface area contributed by atoms with Gasteiger partial charge in [0, 0.05) is 26.2 Å². The van der Waals surface area contributed by atoms with E-state index in [9.17, 15) is 13.2 Å². The molecule has 0 unspecified atom stereocenters. The lowest BCUT2D eigenvalue weighted by Crippen LogP contribution is -2.14. The molecule has 0 amide bonds. The van der Waals surface area contributed by atoms with Crippen molar-refractivity contribution >= 4 is 17.8 Å². The third-order valence-corrected chi connectivity index (χ3v) is 4.52. The number of nitrogens with one attached hydrogen (secondary N) is 3. The molecular weight excluding hydrogens is 409 g/mol. The van der Waals surface area contributed by atoms with Crippen LogP contribution in [-0.2, 0) is 12.7 Å². The number of rotatable bonds is 14. The standard InChI is InChI=1S/C21H31F3N6O/c1-2-3-11-25-18-28-19(26-12-6-4-5-7-13-31)30-20(29-18)27-15-16-9-8-10-17(14-16)21(22,23)24/h8-10,14,31H,2-7,11-13,15H2,1H3,(H3,25,26,27,28,29,30). The molecule has 0 atom stereocenters. The minimum absolute atomic E-state index is 0.156. The first-order valence-electron chi connectivity index (χ1n) is 10.7. The average molecular weight is 441 g/mol. The largest absolute Gasteiger partial charge is 0.416 e. The Labute approximate surface area is 180 Å². The lowest BCUT2D eigenvalue weighted by Gasteiger charge is -2.12. The molecule has 2 rings (SSSR count). The van der Waals surface area contributed by atoms with Crippen molar-refractivity contribution in [2.24, 2.45) is 0 Å². The van der Waals surface area contributed by atoms with E-state index in [-0.39, 0.29) is 19.1 Å². The Hall–Kier alpha value is -2.62. The number of alkyl halides is 3. The summed E-state index contributed by atoms with van der Waals surface area (Å²) in [5.41, 5.74) is -0.206. The minimum Gasteiger partial charge on any atom is -0.396 e. The van der Waals surface area contributed by atoms with Crippen molar-refractivity contribution in [1.29, 1.82) is 0 Å². The van der Waals surface area contributed by atoms with Gasteiger partial charge in [-0.3, -0.25) is 0 Å². The molecule has 172 valence electrons. The molecular formula is C21H31F3N6O. The van der Waals surface area contributed by atoms with Gasteiger partial charge in [0.2, 0.25) is 17.8 Å². The molecule has 2 aromatic rings. The molecule has 0 saturated carbocycles. The van der Waals surface area contributed by atoms with Crippen LogP contribution in [0.25, 0.3) is 0 Å². The van der Waals surface area contributed by atoms with Crippen molar-refractivity contribution in [3.8, 4) is 0 Å². The molecule has 0 aliphatic carbocycles. The van der Waals surface area contributed by atoms with Gasteiger partial charge in [-0.25, -0.2) is 0 Å². The summed E-state index contributed by atoms with van der Waals surface area (Å²) < 4.78 is 38.8. The van der Waals surface area contributed by atoms with E-state index in [1.807, 2.05) is 0 Å². The first-order valence-corrected chi connectivity index (χ1v) is 10.7. The second kappa shape index (κ2) is 12.9. The maximum Gasteiger partial charge on any atom is 0.416 e. The number of nitrogens with zero attached hydrogens (tertiary/aromatic N) is 3. The van der Waals surface area contributed by atoms with Gasteiger partial charge in [0.25, 0.3) is 0 Å². The van der Waals surface area contributed by atoms with Crippen LogP contribution in [0.4, 0.5) is 31.0 Å². The van der Waals surface area contributed by atoms with Crippen molar-refractivity contribution < 1.29 is 18.3 Å². The summed E-state index contributed by atoms with van der Waals surface area (Å²) in [5.74, 6) is 1.11. The van der Waals surface area contributed by atoms with Crippen LogP contribution >= 0.6 is 0 Å². The Morgan fingerprint density at radius 1 is 0.839 bits per heavy atom. The van der Waals surface area contributed by atoms with Crippen LogP contribution in [0, 0.1) is 0 Å². The van der Waals surface area contributed by atoms with E-state index in [1.165, 1.54) is 6.07 Å². The summed E-state index contributed by atoms with van der Waals surface area (Å²) in [6.45, 7) is 3.84. The van der Waals surface area contributed by atoms with Gasteiger partial charge >= 0.3 is 6.18 Å². The summed E-state index contributed by atoms with van der Waals surface area (Å²) in [6.07, 6.45) is 1.26. The second-order valence-electron chi connectivity index (χ2n) is 7.20. The van der Waals surface area contributed by atoms with E-state index in [0.717, 1.165) is 50.7 Å². The van der Waals surface area contributed by atoms with Gasteiger partial charge in [0.05, 0.1) is 5.56 Å². The van der Waals surface area contributed by atoms with Crippen LogP contribution in [0.15, 0.2) is 24.3 Å². The number of unbranched alkanes of at least 4 members (excludes halogenated alkanes) is 4. The van der Waals surface area contributed by atoms with Crippen molar-refractivity contribution in [1.82, 2.24) is 15.0 Å². The zero-order valence-electron chi connectivity index (χ0n) is 17.8. The van der Waals surface area contributed by atoms with Gasteiger partial charge in [-0.05, 0) is 37.0 Å². The summed E-state index contributed by atoms with van der Waals surface area (Å²) in [7, 11) is 0. The van der Waals surface area contributed by atoms with Gasteiger partial charge in [-0.1, -0.05) is 38.3 Å². The number of aliphatic hydroxyl groups excluding tert-OH is 1. The molecule has 0 bridgehead atoms. The molecule has 1 aromatic carbocycles. The maximum absolute atomic E-state index is 12.9. The molecule has 4 N–H and O–H groups in total. The molecule has 1 heterocycles. The average Bonchev–Trinajstić information content (AvgIpc) is 2.74. The molecule has 0 aliphatic heterocycles. The van der Waals surface area contributed by atoms with Crippen LogP contribution in [-0.4, -0.2) is 39.8 Å². The predicted molar refractivity (Wildman–Crippen MR) is 116 cm³/mol. The number of hydrogen-bond donors (Lipinski definition) is 4. The number of hydrogen-bond acceptors (Lipinski definition) is 7. The first-order chi connectivity index (χ1) is 14.9. The number of aliphatic hydroxyl groups is 1. The topological polar surface area (TPSA) is 95.0 Å². The normalized spacial score (nSPS) is 11.4. The van der Waals surface area contributed by atoms with Gasteiger partial charge in [-0.15, -0.1) is 0 Å². The Bertz CT molecular complexity index is 788. The highest BCUT2D eigenvalue weighted by Crippen LogP contribution is 2.29. The lowest BCUT2D eigenvalue weighted by atomic mass is 10.1. The van der Waals surface area contributed by atoms with E-state index in [4.69, 9.17) is 5.11 Å². The van der Waals surface area contributed by atoms with Gasteiger partial charge in [0.15, 0.2) is 0 Å². The summed E-state index contributed by atoms with van der Waals surface area (Å²) in [4.78, 5) is 13.0. The van der Waals surface area contributed by atoms with Crippen LogP contribution in [0.1, 0.15) is 56.6 Å².